The first-order valence-corrected chi connectivity index (χ1v) is 8.87. The summed E-state index contributed by atoms with van der Waals surface area (Å²) >= 11 is 0. The van der Waals surface area contributed by atoms with Gasteiger partial charge in [0.2, 0.25) is 0 Å². The average molecular weight is 334 g/mol. The molecule has 9 heteroatoms. The van der Waals surface area contributed by atoms with Gasteiger partial charge in [0, 0.05) is 57.3 Å². The van der Waals surface area contributed by atoms with E-state index in [0.29, 0.717) is 17.7 Å². The van der Waals surface area contributed by atoms with Crippen molar-refractivity contribution < 1.29 is 9.79 Å². The van der Waals surface area contributed by atoms with Crippen molar-refractivity contribution in [2.75, 3.05) is 43.8 Å². The molecule has 0 aliphatic carbocycles. The van der Waals surface area contributed by atoms with Crippen LogP contribution in [-0.2, 0) is 0 Å². The number of hydrogen-bond acceptors (Lipinski definition) is 8. The second-order valence-electron chi connectivity index (χ2n) is 5.26. The number of aromatic nitrogens is 4. The number of piperazine rings is 1. The molecule has 0 radical (unpaired) electrons. The second kappa shape index (κ2) is 7.70. The van der Waals surface area contributed by atoms with Crippen LogP contribution >= 0.6 is 8.38 Å². The Hall–Kier alpha value is -1.73. The molecule has 0 aromatic carbocycles. The molecule has 0 unspecified atom stereocenters. The number of nitrogens with zero attached hydrogens (tertiary/aromatic N) is 6. The SMILES string of the molecule is OP(O)CCN1CCN(c2cc(-c3ncccn3)ncn2)CC1. The lowest BCUT2D eigenvalue weighted by atomic mass is 10.3. The fourth-order valence-electron chi connectivity index (χ4n) is 2.51. The van der Waals surface area contributed by atoms with Gasteiger partial charge >= 0.3 is 0 Å². The van der Waals surface area contributed by atoms with Crippen LogP contribution in [0.2, 0.25) is 0 Å². The molecule has 3 rings (SSSR count). The number of anilines is 1. The van der Waals surface area contributed by atoms with E-state index in [1.165, 1.54) is 6.33 Å². The van der Waals surface area contributed by atoms with Gasteiger partial charge in [0.05, 0.1) is 0 Å². The van der Waals surface area contributed by atoms with Gasteiger partial charge in [-0.15, -0.1) is 0 Å². The quantitative estimate of drug-likeness (QED) is 0.756. The van der Waals surface area contributed by atoms with Gasteiger partial charge in [0.15, 0.2) is 14.2 Å². The van der Waals surface area contributed by atoms with Crippen LogP contribution in [0.3, 0.4) is 0 Å². The summed E-state index contributed by atoms with van der Waals surface area (Å²) in [6.45, 7) is 4.18. The molecule has 1 saturated heterocycles. The Morgan fingerprint density at radius 3 is 2.43 bits per heavy atom. The highest BCUT2D eigenvalue weighted by molar-refractivity contribution is 7.45. The van der Waals surface area contributed by atoms with Gasteiger partial charge in [-0.05, 0) is 6.07 Å². The third kappa shape index (κ3) is 4.39. The predicted octanol–water partition coefficient (Wildman–Crippen LogP) is 0.352. The molecule has 2 N–H and O–H groups in total. The van der Waals surface area contributed by atoms with Crippen molar-refractivity contribution in [2.24, 2.45) is 0 Å². The first-order valence-electron chi connectivity index (χ1n) is 7.44. The maximum absolute atomic E-state index is 9.01. The largest absolute Gasteiger partial charge is 0.354 e. The van der Waals surface area contributed by atoms with Crippen LogP contribution < -0.4 is 4.90 Å². The molecule has 1 aliphatic heterocycles. The lowest BCUT2D eigenvalue weighted by molar-refractivity contribution is 0.269. The van der Waals surface area contributed by atoms with Crippen LogP contribution in [0.1, 0.15) is 0 Å². The van der Waals surface area contributed by atoms with Gasteiger partial charge in [0.1, 0.15) is 17.8 Å². The molecule has 2 aromatic heterocycles. The zero-order valence-corrected chi connectivity index (χ0v) is 13.5. The highest BCUT2D eigenvalue weighted by Crippen LogP contribution is 2.23. The third-order valence-electron chi connectivity index (χ3n) is 3.76. The van der Waals surface area contributed by atoms with E-state index in [1.54, 1.807) is 18.5 Å². The molecule has 0 amide bonds. The first kappa shape index (κ1) is 16.1. The predicted molar refractivity (Wildman–Crippen MR) is 87.9 cm³/mol. The van der Waals surface area contributed by atoms with Gasteiger partial charge in [0.25, 0.3) is 0 Å². The first-order chi connectivity index (χ1) is 11.2. The van der Waals surface area contributed by atoms with E-state index in [-0.39, 0.29) is 0 Å². The average Bonchev–Trinajstić information content (AvgIpc) is 2.61. The summed E-state index contributed by atoms with van der Waals surface area (Å²) in [7, 11) is -1.80. The Kier molecular flexibility index (Phi) is 5.40. The van der Waals surface area contributed by atoms with Gasteiger partial charge in [-0.3, -0.25) is 4.90 Å². The third-order valence-corrected chi connectivity index (χ3v) is 4.36. The summed E-state index contributed by atoms with van der Waals surface area (Å²) in [5.74, 6) is 1.46. The Balaban J connectivity index is 1.63. The van der Waals surface area contributed by atoms with Gasteiger partial charge in [-0.1, -0.05) is 0 Å². The molecule has 8 nitrogen and oxygen atoms in total. The van der Waals surface area contributed by atoms with Gasteiger partial charge in [-0.2, -0.15) is 0 Å². The maximum Gasteiger partial charge on any atom is 0.178 e. The van der Waals surface area contributed by atoms with Gasteiger partial charge in [-0.25, -0.2) is 19.9 Å². The van der Waals surface area contributed by atoms with E-state index in [4.69, 9.17) is 9.79 Å². The summed E-state index contributed by atoms with van der Waals surface area (Å²) in [4.78, 5) is 39.5. The van der Waals surface area contributed by atoms with Crippen molar-refractivity contribution >= 4 is 14.2 Å². The Morgan fingerprint density at radius 1 is 1.00 bits per heavy atom. The van der Waals surface area contributed by atoms with Crippen LogP contribution in [0.4, 0.5) is 5.82 Å². The topological polar surface area (TPSA) is 98.5 Å². The monoisotopic (exact) mass is 334 g/mol. The molecule has 122 valence electrons. The van der Waals surface area contributed by atoms with Crippen LogP contribution in [0.15, 0.2) is 30.9 Å². The summed E-state index contributed by atoms with van der Waals surface area (Å²) < 4.78 is 0. The van der Waals surface area contributed by atoms with Crippen molar-refractivity contribution in [3.63, 3.8) is 0 Å². The Labute approximate surface area is 135 Å². The van der Waals surface area contributed by atoms with Crippen molar-refractivity contribution in [3.05, 3.63) is 30.9 Å². The number of hydrogen-bond donors (Lipinski definition) is 2. The molecule has 3 heterocycles. The molecular formula is C14H19N6O2P. The minimum atomic E-state index is -1.80. The molecule has 0 bridgehead atoms. The molecule has 0 spiro atoms. The zero-order chi connectivity index (χ0) is 16.1. The van der Waals surface area contributed by atoms with E-state index in [0.717, 1.165) is 38.5 Å². The van der Waals surface area contributed by atoms with E-state index in [1.807, 2.05) is 6.07 Å². The van der Waals surface area contributed by atoms with Crippen LogP contribution in [-0.4, -0.2) is 73.5 Å². The summed E-state index contributed by atoms with van der Waals surface area (Å²) in [6, 6.07) is 3.68. The summed E-state index contributed by atoms with van der Waals surface area (Å²) in [5.41, 5.74) is 0.712. The summed E-state index contributed by atoms with van der Waals surface area (Å²) in [5, 5.41) is 0. The molecular weight excluding hydrogens is 315 g/mol. The van der Waals surface area contributed by atoms with Crippen molar-refractivity contribution in [3.8, 4) is 11.5 Å². The molecule has 23 heavy (non-hydrogen) atoms. The minimum absolute atomic E-state index is 0.443. The standard InChI is InChI=1S/C14H19N6O2P/c21-23(22)9-8-19-4-6-20(7-5-19)13-10-12(17-11-18-13)14-15-2-1-3-16-14/h1-3,10-11,21-22H,4-9H2. The number of rotatable bonds is 5. The lowest BCUT2D eigenvalue weighted by Crippen LogP contribution is -2.47. The van der Waals surface area contributed by atoms with Crippen molar-refractivity contribution in [1.82, 2.24) is 24.8 Å². The second-order valence-corrected chi connectivity index (χ2v) is 6.45. The fourth-order valence-corrected chi connectivity index (χ4v) is 2.97. The van der Waals surface area contributed by atoms with Crippen molar-refractivity contribution in [2.45, 2.75) is 0 Å². The molecule has 2 aromatic rings. The molecule has 0 saturated carbocycles. The molecule has 1 aliphatic rings. The highest BCUT2D eigenvalue weighted by Gasteiger charge is 2.19. The fraction of sp³-hybridized carbons (Fsp3) is 0.429. The lowest BCUT2D eigenvalue weighted by Gasteiger charge is -2.35. The maximum atomic E-state index is 9.01. The zero-order valence-electron chi connectivity index (χ0n) is 12.7. The Bertz CT molecular complexity index is 622. The van der Waals surface area contributed by atoms with E-state index >= 15 is 0 Å². The van der Waals surface area contributed by atoms with Crippen LogP contribution in [0.25, 0.3) is 11.5 Å². The van der Waals surface area contributed by atoms with Crippen LogP contribution in [0.5, 0.6) is 0 Å². The molecule has 1 fully saturated rings. The highest BCUT2D eigenvalue weighted by atomic mass is 31.2. The van der Waals surface area contributed by atoms with Crippen molar-refractivity contribution in [1.29, 1.82) is 0 Å². The normalized spacial score (nSPS) is 16.0. The molecule has 0 atom stereocenters. The van der Waals surface area contributed by atoms with E-state index in [2.05, 4.69) is 29.7 Å². The van der Waals surface area contributed by atoms with Crippen LogP contribution in [0, 0.1) is 0 Å². The summed E-state index contributed by atoms with van der Waals surface area (Å²) in [6.07, 6.45) is 5.37. The minimum Gasteiger partial charge on any atom is -0.354 e. The smallest absolute Gasteiger partial charge is 0.178 e. The Morgan fingerprint density at radius 2 is 1.74 bits per heavy atom. The van der Waals surface area contributed by atoms with Gasteiger partial charge < -0.3 is 14.7 Å². The van der Waals surface area contributed by atoms with E-state index in [9.17, 15) is 0 Å². The van der Waals surface area contributed by atoms with E-state index < -0.39 is 8.38 Å².